The molecule has 1 amide bonds. The molecule has 2 bridgehead atoms. The molecule has 0 aromatic heterocycles. The highest BCUT2D eigenvalue weighted by Crippen LogP contribution is 2.52. The predicted octanol–water partition coefficient (Wildman–Crippen LogP) is 0.350. The molecule has 4 atom stereocenters. The van der Waals surface area contributed by atoms with E-state index in [0.717, 1.165) is 0 Å². The molecule has 0 aromatic carbocycles. The number of methoxy groups -OCH3 is 1. The first-order valence-electron chi connectivity index (χ1n) is 6.25. The molecule has 0 aromatic rings. The third-order valence-electron chi connectivity index (χ3n) is 4.23. The van der Waals surface area contributed by atoms with Crippen LogP contribution in [0.1, 0.15) is 13.8 Å². The van der Waals surface area contributed by atoms with Crippen molar-refractivity contribution in [2.75, 3.05) is 13.7 Å². The fraction of sp³-hybridized carbons (Fsp3) is 0.692. The average molecular weight is 251 g/mol. The first-order chi connectivity index (χ1) is 8.50. The molecule has 18 heavy (non-hydrogen) atoms. The second kappa shape index (κ2) is 3.57. The van der Waals surface area contributed by atoms with E-state index in [9.17, 15) is 9.59 Å². The van der Waals surface area contributed by atoms with Crippen LogP contribution < -0.4 is 0 Å². The van der Waals surface area contributed by atoms with E-state index >= 15 is 0 Å². The standard InChI is InChI=1S/C13H17NO4/c1-7(2)14-6-13-5-4-8(18-13)9(12(16)17-3)10(13)11(14)15/h4-5,7-10H,6H2,1-3H3/t8-,9+,10+,13+/m1/s1. The van der Waals surface area contributed by atoms with Gasteiger partial charge in [0.15, 0.2) is 0 Å². The summed E-state index contributed by atoms with van der Waals surface area (Å²) in [6.45, 7) is 4.48. The van der Waals surface area contributed by atoms with E-state index in [4.69, 9.17) is 9.47 Å². The quantitative estimate of drug-likeness (QED) is 0.525. The summed E-state index contributed by atoms with van der Waals surface area (Å²) >= 11 is 0. The van der Waals surface area contributed by atoms with Gasteiger partial charge in [-0.05, 0) is 13.8 Å². The van der Waals surface area contributed by atoms with Crippen molar-refractivity contribution in [1.29, 1.82) is 0 Å². The number of esters is 1. The number of amides is 1. The molecule has 3 aliphatic rings. The summed E-state index contributed by atoms with van der Waals surface area (Å²) in [7, 11) is 1.35. The zero-order chi connectivity index (χ0) is 13.1. The molecule has 5 heteroatoms. The predicted molar refractivity (Wildman–Crippen MR) is 62.6 cm³/mol. The van der Waals surface area contributed by atoms with Crippen molar-refractivity contribution in [3.8, 4) is 0 Å². The van der Waals surface area contributed by atoms with Gasteiger partial charge in [0.05, 0.1) is 25.7 Å². The van der Waals surface area contributed by atoms with Gasteiger partial charge in [-0.3, -0.25) is 9.59 Å². The number of rotatable bonds is 2. The van der Waals surface area contributed by atoms with E-state index in [-0.39, 0.29) is 24.0 Å². The maximum atomic E-state index is 12.4. The Bertz CT molecular complexity index is 444. The number of nitrogens with zero attached hydrogens (tertiary/aromatic N) is 1. The summed E-state index contributed by atoms with van der Waals surface area (Å²) in [4.78, 5) is 26.1. The molecule has 3 heterocycles. The van der Waals surface area contributed by atoms with E-state index in [2.05, 4.69) is 0 Å². The molecule has 0 aliphatic carbocycles. The second-order valence-electron chi connectivity index (χ2n) is 5.48. The zero-order valence-electron chi connectivity index (χ0n) is 10.8. The van der Waals surface area contributed by atoms with Gasteiger partial charge in [-0.25, -0.2) is 0 Å². The summed E-state index contributed by atoms with van der Waals surface area (Å²) in [5.41, 5.74) is -0.606. The van der Waals surface area contributed by atoms with Gasteiger partial charge in [0, 0.05) is 6.04 Å². The van der Waals surface area contributed by atoms with Crippen LogP contribution in [-0.2, 0) is 19.1 Å². The Morgan fingerprint density at radius 2 is 2.33 bits per heavy atom. The van der Waals surface area contributed by atoms with Crippen LogP contribution in [0, 0.1) is 11.8 Å². The van der Waals surface area contributed by atoms with E-state index in [1.165, 1.54) is 7.11 Å². The minimum absolute atomic E-state index is 0.00671. The molecule has 0 unspecified atom stereocenters. The van der Waals surface area contributed by atoms with E-state index in [0.29, 0.717) is 6.54 Å². The molecule has 0 saturated carbocycles. The van der Waals surface area contributed by atoms with E-state index in [1.54, 1.807) is 4.90 Å². The lowest BCUT2D eigenvalue weighted by molar-refractivity contribution is -0.151. The molecule has 2 saturated heterocycles. The van der Waals surface area contributed by atoms with Gasteiger partial charge in [-0.1, -0.05) is 12.2 Å². The third kappa shape index (κ3) is 1.25. The van der Waals surface area contributed by atoms with Crippen LogP contribution in [-0.4, -0.2) is 48.2 Å². The molecule has 2 fully saturated rings. The fourth-order valence-electron chi connectivity index (χ4n) is 3.37. The van der Waals surface area contributed by atoms with Crippen LogP contribution in [0.2, 0.25) is 0 Å². The maximum Gasteiger partial charge on any atom is 0.312 e. The molecule has 3 aliphatic heterocycles. The first kappa shape index (κ1) is 11.7. The summed E-state index contributed by atoms with van der Waals surface area (Å²) in [5.74, 6) is -1.25. The number of hydrogen-bond donors (Lipinski definition) is 0. The minimum Gasteiger partial charge on any atom is -0.469 e. The molecule has 3 rings (SSSR count). The number of fused-ring (bicyclic) bond motifs is 1. The van der Waals surface area contributed by atoms with Crippen molar-refractivity contribution in [1.82, 2.24) is 4.90 Å². The van der Waals surface area contributed by atoms with Gasteiger partial charge in [0.25, 0.3) is 0 Å². The van der Waals surface area contributed by atoms with Crippen molar-refractivity contribution in [3.63, 3.8) is 0 Å². The Kier molecular flexibility index (Phi) is 2.32. The Hall–Kier alpha value is -1.36. The fourth-order valence-corrected chi connectivity index (χ4v) is 3.37. The summed E-state index contributed by atoms with van der Waals surface area (Å²) in [6.07, 6.45) is 3.53. The highest BCUT2D eigenvalue weighted by molar-refractivity contribution is 5.91. The van der Waals surface area contributed by atoms with Gasteiger partial charge < -0.3 is 14.4 Å². The lowest BCUT2D eigenvalue weighted by Gasteiger charge is -2.24. The summed E-state index contributed by atoms with van der Waals surface area (Å²) in [5, 5.41) is 0. The molecule has 0 radical (unpaired) electrons. The number of ether oxygens (including phenoxy) is 2. The van der Waals surface area contributed by atoms with Crippen molar-refractivity contribution < 1.29 is 19.1 Å². The third-order valence-corrected chi connectivity index (χ3v) is 4.23. The number of likely N-dealkylation sites (tertiary alicyclic amines) is 1. The van der Waals surface area contributed by atoms with Gasteiger partial charge in [0.1, 0.15) is 11.5 Å². The van der Waals surface area contributed by atoms with Gasteiger partial charge in [-0.2, -0.15) is 0 Å². The van der Waals surface area contributed by atoms with E-state index < -0.39 is 17.4 Å². The lowest BCUT2D eigenvalue weighted by atomic mass is 9.77. The van der Waals surface area contributed by atoms with Crippen LogP contribution in [0.25, 0.3) is 0 Å². The largest absolute Gasteiger partial charge is 0.469 e. The van der Waals surface area contributed by atoms with Gasteiger partial charge in [0.2, 0.25) is 5.91 Å². The number of carbonyl (C=O) groups is 2. The molecule has 98 valence electrons. The normalized spacial score (nSPS) is 40.8. The number of hydrogen-bond acceptors (Lipinski definition) is 4. The molecule has 0 N–H and O–H groups in total. The molecule has 1 spiro atoms. The zero-order valence-corrected chi connectivity index (χ0v) is 10.8. The molecule has 5 nitrogen and oxygen atoms in total. The lowest BCUT2D eigenvalue weighted by Crippen LogP contribution is -2.40. The highest BCUT2D eigenvalue weighted by atomic mass is 16.5. The van der Waals surface area contributed by atoms with Crippen molar-refractivity contribution in [3.05, 3.63) is 12.2 Å². The smallest absolute Gasteiger partial charge is 0.312 e. The first-order valence-corrected chi connectivity index (χ1v) is 6.25. The van der Waals surface area contributed by atoms with Gasteiger partial charge in [-0.15, -0.1) is 0 Å². The maximum absolute atomic E-state index is 12.4. The second-order valence-corrected chi connectivity index (χ2v) is 5.48. The Balaban J connectivity index is 1.98. The Morgan fingerprint density at radius 3 is 2.94 bits per heavy atom. The Labute approximate surface area is 106 Å². The van der Waals surface area contributed by atoms with E-state index in [1.807, 2.05) is 26.0 Å². The van der Waals surface area contributed by atoms with Gasteiger partial charge >= 0.3 is 5.97 Å². The molecular formula is C13H17NO4. The average Bonchev–Trinajstić information content (AvgIpc) is 2.96. The van der Waals surface area contributed by atoms with Crippen molar-refractivity contribution >= 4 is 11.9 Å². The SMILES string of the molecule is COC(=O)[C@@H]1[C@H]2C(=O)N(C(C)C)C[C@@]23C=C[C@H]1O3. The monoisotopic (exact) mass is 251 g/mol. The van der Waals surface area contributed by atoms with Crippen LogP contribution in [0.3, 0.4) is 0 Å². The summed E-state index contributed by atoms with van der Waals surface area (Å²) < 4.78 is 10.7. The van der Waals surface area contributed by atoms with Crippen molar-refractivity contribution in [2.24, 2.45) is 11.8 Å². The van der Waals surface area contributed by atoms with Crippen LogP contribution in [0.15, 0.2) is 12.2 Å². The van der Waals surface area contributed by atoms with Crippen molar-refractivity contribution in [2.45, 2.75) is 31.6 Å². The van der Waals surface area contributed by atoms with Crippen LogP contribution >= 0.6 is 0 Å². The minimum atomic E-state index is -0.606. The summed E-state index contributed by atoms with van der Waals surface area (Å²) in [6, 6.07) is 0.117. The Morgan fingerprint density at radius 1 is 1.61 bits per heavy atom. The van der Waals surface area contributed by atoms with Crippen LogP contribution in [0.4, 0.5) is 0 Å². The highest BCUT2D eigenvalue weighted by Gasteiger charge is 2.67. The van der Waals surface area contributed by atoms with Crippen LogP contribution in [0.5, 0.6) is 0 Å². The number of carbonyl (C=O) groups excluding carboxylic acids is 2. The topological polar surface area (TPSA) is 55.8 Å². The molecular weight excluding hydrogens is 234 g/mol.